The summed E-state index contributed by atoms with van der Waals surface area (Å²) in [4.78, 5) is 11.4. The van der Waals surface area contributed by atoms with Crippen LogP contribution in [0.4, 0.5) is 22.2 Å². The average Bonchev–Trinajstić information content (AvgIpc) is 3.28. The number of methoxy groups -OCH3 is 1. The van der Waals surface area contributed by atoms with Gasteiger partial charge in [0.2, 0.25) is 0 Å². The lowest BCUT2D eigenvalue weighted by Crippen LogP contribution is -2.35. The number of hydrogen-bond donors (Lipinski definition) is 2. The summed E-state index contributed by atoms with van der Waals surface area (Å²) in [5.74, 6) is 0.469. The maximum absolute atomic E-state index is 9.67. The predicted octanol–water partition coefficient (Wildman–Crippen LogP) is 6.20. The monoisotopic (exact) mass is 540 g/mol. The van der Waals surface area contributed by atoms with Crippen LogP contribution in [-0.2, 0) is 11.3 Å². The molecule has 4 aromatic rings. The van der Waals surface area contributed by atoms with E-state index in [2.05, 4.69) is 43.7 Å². The van der Waals surface area contributed by atoms with Crippen LogP contribution in [0.25, 0.3) is 10.3 Å². The number of rotatable bonds is 7. The molecule has 184 valence electrons. The average molecular weight is 541 g/mol. The van der Waals surface area contributed by atoms with Crippen LogP contribution in [0.1, 0.15) is 11.3 Å². The van der Waals surface area contributed by atoms with E-state index in [1.54, 1.807) is 12.1 Å². The van der Waals surface area contributed by atoms with Gasteiger partial charge in [0.05, 0.1) is 46.4 Å². The molecule has 2 N–H and O–H groups in total. The number of anilines is 4. The summed E-state index contributed by atoms with van der Waals surface area (Å²) in [5.41, 5.74) is 3.94. The summed E-state index contributed by atoms with van der Waals surface area (Å²) in [5, 5.41) is 17.7. The zero-order chi connectivity index (χ0) is 25.1. The van der Waals surface area contributed by atoms with Gasteiger partial charge in [0.15, 0.2) is 16.5 Å². The summed E-state index contributed by atoms with van der Waals surface area (Å²) >= 11 is 13.9. The Bertz CT molecular complexity index is 1430. The van der Waals surface area contributed by atoms with Gasteiger partial charge in [0.25, 0.3) is 0 Å². The maximum atomic E-state index is 9.67. The van der Waals surface area contributed by atoms with Crippen molar-refractivity contribution >= 4 is 67.1 Å². The zero-order valence-electron chi connectivity index (χ0n) is 19.3. The second kappa shape index (κ2) is 10.9. The molecule has 36 heavy (non-hydrogen) atoms. The molecule has 0 atom stereocenters. The Hall–Kier alpha value is -3.13. The van der Waals surface area contributed by atoms with E-state index < -0.39 is 0 Å². The van der Waals surface area contributed by atoms with E-state index >= 15 is 0 Å². The number of nitrogens with zero attached hydrogens (tertiary/aromatic N) is 4. The molecule has 1 saturated heterocycles. The molecule has 2 aromatic carbocycles. The number of pyridine rings is 1. The number of morpholine rings is 1. The highest BCUT2D eigenvalue weighted by molar-refractivity contribution is 7.22. The van der Waals surface area contributed by atoms with Gasteiger partial charge in [-0.3, -0.25) is 4.90 Å². The van der Waals surface area contributed by atoms with E-state index in [0.717, 1.165) is 43.2 Å². The van der Waals surface area contributed by atoms with Crippen LogP contribution in [0.15, 0.2) is 42.5 Å². The minimum Gasteiger partial charge on any atom is -0.495 e. The molecule has 0 bridgehead atoms. The van der Waals surface area contributed by atoms with Crippen molar-refractivity contribution in [1.29, 1.82) is 5.26 Å². The van der Waals surface area contributed by atoms with Crippen LogP contribution in [0.2, 0.25) is 10.0 Å². The van der Waals surface area contributed by atoms with Crippen LogP contribution < -0.4 is 15.4 Å². The summed E-state index contributed by atoms with van der Waals surface area (Å²) in [6.07, 6.45) is 0. The third-order valence-electron chi connectivity index (χ3n) is 5.71. The van der Waals surface area contributed by atoms with Crippen molar-refractivity contribution in [3.63, 3.8) is 0 Å². The molecule has 1 fully saturated rings. The smallest absolute Gasteiger partial charge is 0.189 e. The number of fused-ring (bicyclic) bond motifs is 1. The molecule has 0 unspecified atom stereocenters. The van der Waals surface area contributed by atoms with E-state index in [4.69, 9.17) is 32.7 Å². The van der Waals surface area contributed by atoms with Crippen molar-refractivity contribution in [3.05, 3.63) is 63.8 Å². The number of ether oxygens (including phenoxy) is 2. The van der Waals surface area contributed by atoms with Crippen LogP contribution in [0.3, 0.4) is 0 Å². The summed E-state index contributed by atoms with van der Waals surface area (Å²) in [6, 6.07) is 15.5. The van der Waals surface area contributed by atoms with Crippen molar-refractivity contribution in [1.82, 2.24) is 14.9 Å². The number of halogens is 2. The van der Waals surface area contributed by atoms with Gasteiger partial charge in [-0.05, 0) is 29.8 Å². The first kappa shape index (κ1) is 24.6. The largest absolute Gasteiger partial charge is 0.495 e. The van der Waals surface area contributed by atoms with Gasteiger partial charge < -0.3 is 20.1 Å². The number of hydrogen-bond acceptors (Lipinski definition) is 9. The molecular formula is C25H22Cl2N6O2S. The second-order valence-corrected chi connectivity index (χ2v) is 9.98. The van der Waals surface area contributed by atoms with Crippen LogP contribution in [0, 0.1) is 11.3 Å². The second-order valence-electron chi connectivity index (χ2n) is 8.14. The minimum atomic E-state index is 0.205. The number of nitriles is 1. The molecule has 0 radical (unpaired) electrons. The minimum absolute atomic E-state index is 0.205. The highest BCUT2D eigenvalue weighted by Gasteiger charge is 2.15. The SMILES string of the molecule is COc1cc(Nc2cc3sc(Nc4ccc(CN5CCOCC5)cc4)nc3nc2C#N)c(Cl)cc1Cl. The Morgan fingerprint density at radius 3 is 2.56 bits per heavy atom. The molecule has 0 saturated carbocycles. The summed E-state index contributed by atoms with van der Waals surface area (Å²) in [6.45, 7) is 4.40. The van der Waals surface area contributed by atoms with Crippen molar-refractivity contribution in [3.8, 4) is 11.8 Å². The molecule has 1 aliphatic rings. The van der Waals surface area contributed by atoms with Gasteiger partial charge in [-0.1, -0.05) is 46.7 Å². The van der Waals surface area contributed by atoms with Crippen LogP contribution in [-0.4, -0.2) is 48.3 Å². The fraction of sp³-hybridized carbons (Fsp3) is 0.240. The van der Waals surface area contributed by atoms with Gasteiger partial charge in [-0.15, -0.1) is 0 Å². The molecule has 2 aromatic heterocycles. The number of aromatic nitrogens is 2. The molecule has 0 aliphatic carbocycles. The number of benzene rings is 2. The fourth-order valence-electron chi connectivity index (χ4n) is 3.86. The molecule has 3 heterocycles. The molecule has 0 spiro atoms. The van der Waals surface area contributed by atoms with E-state index in [9.17, 15) is 5.26 Å². The normalized spacial score (nSPS) is 13.9. The molecule has 5 rings (SSSR count). The highest BCUT2D eigenvalue weighted by Crippen LogP contribution is 2.37. The van der Waals surface area contributed by atoms with Crippen molar-refractivity contribution < 1.29 is 9.47 Å². The Morgan fingerprint density at radius 1 is 1.06 bits per heavy atom. The fourth-order valence-corrected chi connectivity index (χ4v) is 5.23. The first-order valence-electron chi connectivity index (χ1n) is 11.2. The van der Waals surface area contributed by atoms with E-state index in [-0.39, 0.29) is 5.69 Å². The first-order chi connectivity index (χ1) is 17.5. The lowest BCUT2D eigenvalue weighted by Gasteiger charge is -2.26. The van der Waals surface area contributed by atoms with Crippen LogP contribution in [0.5, 0.6) is 5.75 Å². The quantitative estimate of drug-likeness (QED) is 0.286. The molecule has 1 aliphatic heterocycles. The van der Waals surface area contributed by atoms with Crippen molar-refractivity contribution in [2.24, 2.45) is 0 Å². The van der Waals surface area contributed by atoms with Crippen molar-refractivity contribution in [2.45, 2.75) is 6.54 Å². The molecule has 8 nitrogen and oxygen atoms in total. The number of nitrogens with one attached hydrogen (secondary N) is 2. The lowest BCUT2D eigenvalue weighted by molar-refractivity contribution is 0.0342. The standard InChI is InChI=1S/C25H22Cl2N6O2S/c1-34-22-11-19(17(26)10-18(22)27)30-20-12-23-24(31-21(20)13-28)32-25(36-23)29-16-4-2-15(3-5-16)14-33-6-8-35-9-7-33/h2-5,10-12,30H,6-9,14H2,1H3,(H,29,31,32). The van der Waals surface area contributed by atoms with Gasteiger partial charge >= 0.3 is 0 Å². The van der Waals surface area contributed by atoms with Gasteiger partial charge in [-0.2, -0.15) is 10.2 Å². The third-order valence-corrected chi connectivity index (χ3v) is 7.23. The van der Waals surface area contributed by atoms with Crippen LogP contribution >= 0.6 is 34.5 Å². The topological polar surface area (TPSA) is 95.3 Å². The summed E-state index contributed by atoms with van der Waals surface area (Å²) < 4.78 is 11.5. The Kier molecular flexibility index (Phi) is 7.41. The van der Waals surface area contributed by atoms with E-state index in [0.29, 0.717) is 37.9 Å². The van der Waals surface area contributed by atoms with Gasteiger partial charge in [-0.25, -0.2) is 4.98 Å². The maximum Gasteiger partial charge on any atom is 0.189 e. The van der Waals surface area contributed by atoms with Gasteiger partial charge in [0.1, 0.15) is 11.8 Å². The van der Waals surface area contributed by atoms with Gasteiger partial charge in [0, 0.05) is 31.4 Å². The Balaban J connectivity index is 1.34. The zero-order valence-corrected chi connectivity index (χ0v) is 21.7. The molecule has 11 heteroatoms. The Morgan fingerprint density at radius 2 is 1.83 bits per heavy atom. The first-order valence-corrected chi connectivity index (χ1v) is 12.8. The van der Waals surface area contributed by atoms with Crippen molar-refractivity contribution in [2.75, 3.05) is 44.0 Å². The van der Waals surface area contributed by atoms with E-state index in [1.807, 2.05) is 18.2 Å². The third kappa shape index (κ3) is 5.48. The van der Waals surface area contributed by atoms with E-state index in [1.165, 1.54) is 24.0 Å². The Labute approximate surface area is 222 Å². The lowest BCUT2D eigenvalue weighted by atomic mass is 10.2. The number of thiazole rings is 1. The summed E-state index contributed by atoms with van der Waals surface area (Å²) in [7, 11) is 1.52. The molecular weight excluding hydrogens is 519 g/mol. The predicted molar refractivity (Wildman–Crippen MR) is 144 cm³/mol. The highest BCUT2D eigenvalue weighted by atomic mass is 35.5. The molecule has 0 amide bonds.